The van der Waals surface area contributed by atoms with Gasteiger partial charge in [-0.25, -0.2) is 0 Å². The smallest absolute Gasteiger partial charge is 0.320 e. The molecule has 0 heterocycles. The van der Waals surface area contributed by atoms with E-state index in [4.69, 9.17) is 22.4 Å². The highest BCUT2D eigenvalue weighted by molar-refractivity contribution is 6.33. The van der Waals surface area contributed by atoms with Gasteiger partial charge in [0.1, 0.15) is 11.8 Å². The molecule has 0 saturated heterocycles. The van der Waals surface area contributed by atoms with Gasteiger partial charge < -0.3 is 15.9 Å². The lowest BCUT2D eigenvalue weighted by Crippen LogP contribution is -2.32. The molecule has 2 rings (SSSR count). The molecule has 2 aromatic rings. The molecule has 4 nitrogen and oxygen atoms in total. The molecule has 0 fully saturated rings. The summed E-state index contributed by atoms with van der Waals surface area (Å²) in [4.78, 5) is 10.8. The van der Waals surface area contributed by atoms with E-state index in [1.807, 2.05) is 6.07 Å². The fourth-order valence-corrected chi connectivity index (χ4v) is 2.16. The third-order valence-electron chi connectivity index (χ3n) is 2.96. The van der Waals surface area contributed by atoms with Crippen LogP contribution in [-0.2, 0) is 11.2 Å². The molecular formula is C15H14ClNO3. The standard InChI is InChI=1S/C15H14ClNO3/c16-13-5-4-9(7-14(17)15(19)20)6-12(13)10-2-1-3-11(18)8-10/h1-6,8,14,18H,7,17H2,(H,19,20)/t14-/m1/s1. The van der Waals surface area contributed by atoms with Gasteiger partial charge in [-0.15, -0.1) is 0 Å². The Morgan fingerprint density at radius 2 is 2.00 bits per heavy atom. The van der Waals surface area contributed by atoms with Crippen LogP contribution >= 0.6 is 11.6 Å². The van der Waals surface area contributed by atoms with Gasteiger partial charge in [-0.3, -0.25) is 4.79 Å². The van der Waals surface area contributed by atoms with Crippen LogP contribution in [0.3, 0.4) is 0 Å². The average Bonchev–Trinajstić information content (AvgIpc) is 2.40. The number of carboxylic acid groups (broad SMARTS) is 1. The number of aliphatic carboxylic acids is 1. The largest absolute Gasteiger partial charge is 0.508 e. The summed E-state index contributed by atoms with van der Waals surface area (Å²) in [6, 6.07) is 11.0. The zero-order valence-electron chi connectivity index (χ0n) is 10.6. The summed E-state index contributed by atoms with van der Waals surface area (Å²) in [5.41, 5.74) is 7.81. The summed E-state index contributed by atoms with van der Waals surface area (Å²) in [6.07, 6.45) is 0.221. The Bertz CT molecular complexity index is 643. The first-order chi connectivity index (χ1) is 9.47. The molecule has 0 amide bonds. The highest BCUT2D eigenvalue weighted by Gasteiger charge is 2.13. The number of nitrogens with two attached hydrogens (primary N) is 1. The third-order valence-corrected chi connectivity index (χ3v) is 3.29. The van der Waals surface area contributed by atoms with Gasteiger partial charge in [-0.2, -0.15) is 0 Å². The lowest BCUT2D eigenvalue weighted by atomic mass is 9.99. The summed E-state index contributed by atoms with van der Waals surface area (Å²) in [5, 5.41) is 18.9. The average molecular weight is 292 g/mol. The number of carbonyl (C=O) groups is 1. The van der Waals surface area contributed by atoms with E-state index in [9.17, 15) is 9.90 Å². The predicted molar refractivity (Wildman–Crippen MR) is 77.9 cm³/mol. The van der Waals surface area contributed by atoms with E-state index in [1.54, 1.807) is 36.4 Å². The number of benzene rings is 2. The molecule has 0 spiro atoms. The molecule has 5 heteroatoms. The van der Waals surface area contributed by atoms with Crippen molar-refractivity contribution in [2.24, 2.45) is 5.73 Å². The van der Waals surface area contributed by atoms with Crippen LogP contribution in [0.25, 0.3) is 11.1 Å². The minimum atomic E-state index is -1.04. The van der Waals surface area contributed by atoms with Gasteiger partial charge in [-0.1, -0.05) is 29.8 Å². The Balaban J connectivity index is 2.36. The van der Waals surface area contributed by atoms with Crippen LogP contribution in [0.5, 0.6) is 5.75 Å². The Kier molecular flexibility index (Phi) is 4.27. The summed E-state index contributed by atoms with van der Waals surface area (Å²) in [7, 11) is 0. The Labute approximate surface area is 121 Å². The van der Waals surface area contributed by atoms with Crippen molar-refractivity contribution in [3.05, 3.63) is 53.1 Å². The SMILES string of the molecule is N[C@H](Cc1ccc(Cl)c(-c2cccc(O)c2)c1)C(=O)O. The lowest BCUT2D eigenvalue weighted by Gasteiger charge is -2.10. The zero-order chi connectivity index (χ0) is 14.7. The molecule has 0 aliphatic carbocycles. The number of aromatic hydroxyl groups is 1. The molecule has 0 aliphatic rings. The van der Waals surface area contributed by atoms with Crippen molar-refractivity contribution in [1.29, 1.82) is 0 Å². The fraction of sp³-hybridized carbons (Fsp3) is 0.133. The molecule has 0 aliphatic heterocycles. The molecule has 104 valence electrons. The van der Waals surface area contributed by atoms with Crippen molar-refractivity contribution in [3.63, 3.8) is 0 Å². The maximum absolute atomic E-state index is 10.8. The van der Waals surface area contributed by atoms with Crippen LogP contribution in [0.15, 0.2) is 42.5 Å². The summed E-state index contributed by atoms with van der Waals surface area (Å²) < 4.78 is 0. The second-order valence-electron chi connectivity index (χ2n) is 4.51. The van der Waals surface area contributed by atoms with E-state index >= 15 is 0 Å². The number of carboxylic acids is 1. The number of rotatable bonds is 4. The van der Waals surface area contributed by atoms with Crippen molar-refractivity contribution in [2.45, 2.75) is 12.5 Å². The van der Waals surface area contributed by atoms with Gasteiger partial charge in [0.05, 0.1) is 0 Å². The second-order valence-corrected chi connectivity index (χ2v) is 4.92. The first-order valence-corrected chi connectivity index (χ1v) is 6.41. The second kappa shape index (κ2) is 5.94. The summed E-state index contributed by atoms with van der Waals surface area (Å²) in [5.74, 6) is -0.898. The molecule has 1 atom stereocenters. The molecule has 2 aromatic carbocycles. The number of phenols is 1. The van der Waals surface area contributed by atoms with E-state index in [0.29, 0.717) is 5.02 Å². The van der Waals surface area contributed by atoms with Crippen molar-refractivity contribution in [2.75, 3.05) is 0 Å². The van der Waals surface area contributed by atoms with Gasteiger partial charge in [0, 0.05) is 10.6 Å². The number of hydrogen-bond donors (Lipinski definition) is 3. The minimum Gasteiger partial charge on any atom is -0.508 e. The van der Waals surface area contributed by atoms with Gasteiger partial charge >= 0.3 is 5.97 Å². The fourth-order valence-electron chi connectivity index (χ4n) is 1.94. The van der Waals surface area contributed by atoms with E-state index in [2.05, 4.69) is 0 Å². The van der Waals surface area contributed by atoms with Crippen molar-refractivity contribution < 1.29 is 15.0 Å². The van der Waals surface area contributed by atoms with E-state index < -0.39 is 12.0 Å². The van der Waals surface area contributed by atoms with Crippen LogP contribution < -0.4 is 5.73 Å². The Morgan fingerprint density at radius 3 is 2.65 bits per heavy atom. The van der Waals surface area contributed by atoms with E-state index in [0.717, 1.165) is 16.7 Å². The van der Waals surface area contributed by atoms with Gasteiger partial charge in [-0.05, 0) is 41.8 Å². The molecule has 0 radical (unpaired) electrons. The first-order valence-electron chi connectivity index (χ1n) is 6.03. The summed E-state index contributed by atoms with van der Waals surface area (Å²) in [6.45, 7) is 0. The maximum atomic E-state index is 10.8. The molecule has 0 saturated carbocycles. The minimum absolute atomic E-state index is 0.145. The molecule has 4 N–H and O–H groups in total. The lowest BCUT2D eigenvalue weighted by molar-refractivity contribution is -0.138. The monoisotopic (exact) mass is 291 g/mol. The van der Waals surface area contributed by atoms with Crippen LogP contribution in [0.2, 0.25) is 5.02 Å². The Morgan fingerprint density at radius 1 is 1.25 bits per heavy atom. The molecule has 20 heavy (non-hydrogen) atoms. The highest BCUT2D eigenvalue weighted by Crippen LogP contribution is 2.31. The third kappa shape index (κ3) is 3.29. The van der Waals surface area contributed by atoms with Crippen molar-refractivity contribution in [3.8, 4) is 16.9 Å². The Hall–Kier alpha value is -2.04. The van der Waals surface area contributed by atoms with Crippen LogP contribution in [-0.4, -0.2) is 22.2 Å². The van der Waals surface area contributed by atoms with Crippen molar-refractivity contribution >= 4 is 17.6 Å². The highest BCUT2D eigenvalue weighted by atomic mass is 35.5. The van der Waals surface area contributed by atoms with Gasteiger partial charge in [0.2, 0.25) is 0 Å². The van der Waals surface area contributed by atoms with Crippen LogP contribution in [0.1, 0.15) is 5.56 Å². The number of hydrogen-bond acceptors (Lipinski definition) is 3. The van der Waals surface area contributed by atoms with Crippen molar-refractivity contribution in [1.82, 2.24) is 0 Å². The normalized spacial score (nSPS) is 12.1. The zero-order valence-corrected chi connectivity index (χ0v) is 11.3. The predicted octanol–water partition coefficient (Wildman–Crippen LogP) is 2.67. The maximum Gasteiger partial charge on any atom is 0.320 e. The quantitative estimate of drug-likeness (QED) is 0.808. The van der Waals surface area contributed by atoms with Crippen LogP contribution in [0, 0.1) is 0 Å². The first kappa shape index (κ1) is 14.4. The molecule has 0 bridgehead atoms. The number of phenolic OH excluding ortho intramolecular Hbond substituents is 1. The molecule has 0 aromatic heterocycles. The molecule has 0 unspecified atom stereocenters. The van der Waals surface area contributed by atoms with E-state index in [-0.39, 0.29) is 12.2 Å². The van der Waals surface area contributed by atoms with Crippen LogP contribution in [0.4, 0.5) is 0 Å². The number of halogens is 1. The summed E-state index contributed by atoms with van der Waals surface area (Å²) >= 11 is 6.15. The van der Waals surface area contributed by atoms with Gasteiger partial charge in [0.15, 0.2) is 0 Å². The topological polar surface area (TPSA) is 83.5 Å². The van der Waals surface area contributed by atoms with E-state index in [1.165, 1.54) is 0 Å². The molecular weight excluding hydrogens is 278 g/mol. The van der Waals surface area contributed by atoms with Gasteiger partial charge in [0.25, 0.3) is 0 Å².